The van der Waals surface area contributed by atoms with Crippen LogP contribution in [-0.2, 0) is 5.31 Å². The first kappa shape index (κ1) is 15.7. The zero-order valence-corrected chi connectivity index (χ0v) is 13.8. The van der Waals surface area contributed by atoms with Crippen LogP contribution < -0.4 is 4.90 Å². The van der Waals surface area contributed by atoms with E-state index >= 15 is 0 Å². The average molecular weight is 300 g/mol. The Kier molecular flexibility index (Phi) is 4.17. The molecule has 0 aliphatic heterocycles. The summed E-state index contributed by atoms with van der Waals surface area (Å²) in [6.45, 7) is 2.28. The van der Waals surface area contributed by atoms with E-state index in [2.05, 4.69) is 42.2 Å². The van der Waals surface area contributed by atoms with Gasteiger partial charge in [0.15, 0.2) is 0 Å². The van der Waals surface area contributed by atoms with E-state index in [1.807, 2.05) is 31.3 Å². The highest BCUT2D eigenvalue weighted by Gasteiger charge is 2.33. The lowest BCUT2D eigenvalue weighted by molar-refractivity contribution is 0.568. The molecule has 2 unspecified atom stereocenters. The molecule has 1 aliphatic carbocycles. The first-order valence-electron chi connectivity index (χ1n) is 8.15. The zero-order chi connectivity index (χ0) is 16.4. The topological polar surface area (TPSA) is 27.0 Å². The minimum absolute atomic E-state index is 0.162. The normalized spacial score (nSPS) is 23.4. The SMILES string of the molecule is [B]C1(c2ccc(N(C)c3ccc(C#N)cc3)cc2)CCC(C)C1. The van der Waals surface area contributed by atoms with E-state index in [9.17, 15) is 0 Å². The van der Waals surface area contributed by atoms with Crippen molar-refractivity contribution in [3.8, 4) is 6.07 Å². The minimum atomic E-state index is -0.162. The lowest BCUT2D eigenvalue weighted by Gasteiger charge is -2.27. The molecule has 0 amide bonds. The van der Waals surface area contributed by atoms with Crippen LogP contribution >= 0.6 is 0 Å². The summed E-state index contributed by atoms with van der Waals surface area (Å²) in [5, 5.41) is 8.72. The van der Waals surface area contributed by atoms with Crippen LogP contribution in [0, 0.1) is 17.2 Å². The second-order valence-electron chi connectivity index (χ2n) is 6.77. The number of nitrogens with zero attached hydrogens (tertiary/aromatic N) is 2. The Morgan fingerprint density at radius 2 is 1.65 bits per heavy atom. The molecule has 1 fully saturated rings. The molecule has 0 saturated heterocycles. The molecule has 2 nitrogen and oxygen atoms in total. The van der Waals surface area contributed by atoms with Crippen LogP contribution in [0.25, 0.3) is 0 Å². The number of rotatable bonds is 3. The molecule has 3 rings (SSSR count). The number of hydrogen-bond donors (Lipinski definition) is 0. The summed E-state index contributed by atoms with van der Waals surface area (Å²) in [5.74, 6) is 0.709. The fourth-order valence-electron chi connectivity index (χ4n) is 3.52. The standard InChI is InChI=1S/C20H21BN2/c1-15-11-12-20(21,13-15)17-5-9-19(10-6-17)23(2)18-7-3-16(14-22)4-8-18/h3-10,15H,11-13H2,1-2H3. The van der Waals surface area contributed by atoms with E-state index in [1.165, 1.54) is 12.0 Å². The number of hydrogen-bond acceptors (Lipinski definition) is 2. The third-order valence-electron chi connectivity index (χ3n) is 5.01. The Balaban J connectivity index is 1.80. The number of anilines is 2. The van der Waals surface area contributed by atoms with Gasteiger partial charge >= 0.3 is 0 Å². The van der Waals surface area contributed by atoms with Crippen molar-refractivity contribution in [3.05, 3.63) is 59.7 Å². The lowest BCUT2D eigenvalue weighted by atomic mass is 9.62. The summed E-state index contributed by atoms with van der Waals surface area (Å²) < 4.78 is 0. The highest BCUT2D eigenvalue weighted by atomic mass is 15.1. The lowest BCUT2D eigenvalue weighted by Crippen LogP contribution is -2.22. The molecule has 1 saturated carbocycles. The average Bonchev–Trinajstić information content (AvgIpc) is 2.95. The van der Waals surface area contributed by atoms with Gasteiger partial charge in [0.2, 0.25) is 0 Å². The molecule has 0 N–H and O–H groups in total. The van der Waals surface area contributed by atoms with Gasteiger partial charge in [0.25, 0.3) is 0 Å². The fourth-order valence-corrected chi connectivity index (χ4v) is 3.52. The largest absolute Gasteiger partial charge is 0.345 e. The molecule has 1 aliphatic rings. The van der Waals surface area contributed by atoms with Crippen molar-refractivity contribution in [2.45, 2.75) is 31.5 Å². The third-order valence-corrected chi connectivity index (χ3v) is 5.01. The zero-order valence-electron chi connectivity index (χ0n) is 13.8. The van der Waals surface area contributed by atoms with Crippen LogP contribution in [0.15, 0.2) is 48.5 Å². The second-order valence-corrected chi connectivity index (χ2v) is 6.77. The van der Waals surface area contributed by atoms with Gasteiger partial charge < -0.3 is 4.90 Å². The van der Waals surface area contributed by atoms with Crippen molar-refractivity contribution in [1.82, 2.24) is 0 Å². The van der Waals surface area contributed by atoms with Crippen LogP contribution in [0.4, 0.5) is 11.4 Å². The monoisotopic (exact) mass is 300 g/mol. The summed E-state index contributed by atoms with van der Waals surface area (Å²) in [6, 6.07) is 18.3. The van der Waals surface area contributed by atoms with E-state index in [1.54, 1.807) is 0 Å². The maximum Gasteiger partial charge on any atom is 0.0991 e. The molecule has 0 aromatic heterocycles. The Morgan fingerprint density at radius 3 is 2.13 bits per heavy atom. The van der Waals surface area contributed by atoms with Crippen LogP contribution in [-0.4, -0.2) is 14.9 Å². The Hall–Kier alpha value is -2.21. The second kappa shape index (κ2) is 6.12. The van der Waals surface area contributed by atoms with Crippen molar-refractivity contribution in [1.29, 1.82) is 5.26 Å². The molecule has 23 heavy (non-hydrogen) atoms. The number of nitriles is 1. The molecule has 0 spiro atoms. The smallest absolute Gasteiger partial charge is 0.0991 e. The third kappa shape index (κ3) is 3.12. The van der Waals surface area contributed by atoms with Gasteiger partial charge in [0.05, 0.1) is 19.5 Å². The highest BCUT2D eigenvalue weighted by molar-refractivity contribution is 6.16. The van der Waals surface area contributed by atoms with E-state index in [-0.39, 0.29) is 5.31 Å². The molecule has 3 heteroatoms. The predicted octanol–water partition coefficient (Wildman–Crippen LogP) is 4.51. The Labute approximate surface area is 140 Å². The summed E-state index contributed by atoms with van der Waals surface area (Å²) in [6.07, 6.45) is 3.35. The quantitative estimate of drug-likeness (QED) is 0.780. The van der Waals surface area contributed by atoms with Crippen molar-refractivity contribution in [2.75, 3.05) is 11.9 Å². The summed E-state index contributed by atoms with van der Waals surface area (Å²) in [7, 11) is 8.63. The van der Waals surface area contributed by atoms with E-state index < -0.39 is 0 Å². The van der Waals surface area contributed by atoms with E-state index in [4.69, 9.17) is 13.1 Å². The van der Waals surface area contributed by atoms with Crippen molar-refractivity contribution >= 4 is 19.2 Å². The summed E-state index contributed by atoms with van der Waals surface area (Å²) >= 11 is 0. The first-order chi connectivity index (χ1) is 11.0. The molecule has 114 valence electrons. The molecular weight excluding hydrogens is 279 g/mol. The van der Waals surface area contributed by atoms with Gasteiger partial charge in [0.1, 0.15) is 0 Å². The Morgan fingerprint density at radius 1 is 1.09 bits per heavy atom. The van der Waals surface area contributed by atoms with Gasteiger partial charge in [-0.1, -0.05) is 37.5 Å². The van der Waals surface area contributed by atoms with Crippen molar-refractivity contribution in [3.63, 3.8) is 0 Å². The van der Waals surface area contributed by atoms with Gasteiger partial charge in [-0.2, -0.15) is 5.26 Å². The highest BCUT2D eigenvalue weighted by Crippen LogP contribution is 2.42. The molecular formula is C20H21BN2. The molecule has 2 aromatic carbocycles. The molecule has 2 atom stereocenters. The molecule has 2 radical (unpaired) electrons. The van der Waals surface area contributed by atoms with Gasteiger partial charge in [-0.3, -0.25) is 0 Å². The number of benzene rings is 2. The van der Waals surface area contributed by atoms with Crippen LogP contribution in [0.3, 0.4) is 0 Å². The minimum Gasteiger partial charge on any atom is -0.345 e. The maximum absolute atomic E-state index is 8.89. The van der Waals surface area contributed by atoms with Crippen molar-refractivity contribution < 1.29 is 0 Å². The fraction of sp³-hybridized carbons (Fsp3) is 0.350. The van der Waals surface area contributed by atoms with Gasteiger partial charge in [0, 0.05) is 18.4 Å². The maximum atomic E-state index is 8.89. The first-order valence-corrected chi connectivity index (χ1v) is 8.15. The molecule has 0 heterocycles. The predicted molar refractivity (Wildman–Crippen MR) is 96.1 cm³/mol. The Bertz CT molecular complexity index is 715. The summed E-state index contributed by atoms with van der Waals surface area (Å²) in [5.41, 5.74) is 4.10. The van der Waals surface area contributed by atoms with Gasteiger partial charge in [-0.25, -0.2) is 0 Å². The summed E-state index contributed by atoms with van der Waals surface area (Å²) in [4.78, 5) is 2.12. The van der Waals surface area contributed by atoms with Crippen LogP contribution in [0.1, 0.15) is 37.3 Å². The molecule has 2 aromatic rings. The van der Waals surface area contributed by atoms with Gasteiger partial charge in [-0.05, 0) is 54.1 Å². The van der Waals surface area contributed by atoms with Crippen molar-refractivity contribution in [2.24, 2.45) is 5.92 Å². The molecule has 0 bridgehead atoms. The van der Waals surface area contributed by atoms with Crippen LogP contribution in [0.2, 0.25) is 0 Å². The van der Waals surface area contributed by atoms with Gasteiger partial charge in [-0.15, -0.1) is 0 Å². The van der Waals surface area contributed by atoms with E-state index in [0.717, 1.165) is 24.2 Å². The van der Waals surface area contributed by atoms with Crippen LogP contribution in [0.5, 0.6) is 0 Å². The van der Waals surface area contributed by atoms with E-state index in [0.29, 0.717) is 11.5 Å².